The number of piperazine rings is 1. The van der Waals surface area contributed by atoms with E-state index in [1.54, 1.807) is 12.3 Å². The molecule has 6 nitrogen and oxygen atoms in total. The molecule has 0 unspecified atom stereocenters. The van der Waals surface area contributed by atoms with Crippen molar-refractivity contribution in [2.75, 3.05) is 50.1 Å². The molecular formula is C17H23FN6. The largest absolute Gasteiger partial charge is 0.363 e. The number of rotatable bonds is 4. The van der Waals surface area contributed by atoms with Crippen molar-refractivity contribution in [3.05, 3.63) is 41.6 Å². The van der Waals surface area contributed by atoms with Crippen LogP contribution in [0.3, 0.4) is 0 Å². The second kappa shape index (κ2) is 7.09. The van der Waals surface area contributed by atoms with Crippen LogP contribution in [0.4, 0.5) is 16.2 Å². The SMILES string of the molecule is Cc1cc(N(C)C)nc(N2CCN(Cc3ccncc3F)CC2)n1. The van der Waals surface area contributed by atoms with E-state index in [1.807, 2.05) is 32.0 Å². The Morgan fingerprint density at radius 1 is 1.17 bits per heavy atom. The molecular weight excluding hydrogens is 307 g/mol. The van der Waals surface area contributed by atoms with Crippen LogP contribution in [0.1, 0.15) is 11.3 Å². The molecule has 0 amide bonds. The van der Waals surface area contributed by atoms with Gasteiger partial charge in [-0.2, -0.15) is 4.98 Å². The van der Waals surface area contributed by atoms with Gasteiger partial charge in [0.2, 0.25) is 5.95 Å². The standard InChI is InChI=1S/C17H23FN6/c1-13-10-16(22(2)3)21-17(20-13)24-8-6-23(7-9-24)12-14-4-5-19-11-15(14)18/h4-5,10-11H,6-9,12H2,1-3H3. The molecule has 3 rings (SSSR count). The van der Waals surface area contributed by atoms with Crippen LogP contribution in [0.2, 0.25) is 0 Å². The Morgan fingerprint density at radius 3 is 2.58 bits per heavy atom. The van der Waals surface area contributed by atoms with Crippen molar-refractivity contribution in [3.63, 3.8) is 0 Å². The van der Waals surface area contributed by atoms with Crippen LogP contribution in [-0.2, 0) is 6.54 Å². The maximum absolute atomic E-state index is 13.7. The predicted octanol–water partition coefficient (Wildman–Crippen LogP) is 1.71. The highest BCUT2D eigenvalue weighted by molar-refractivity contribution is 5.45. The first-order valence-corrected chi connectivity index (χ1v) is 8.11. The summed E-state index contributed by atoms with van der Waals surface area (Å²) in [6.07, 6.45) is 2.91. The lowest BCUT2D eigenvalue weighted by atomic mass is 10.2. The van der Waals surface area contributed by atoms with Crippen LogP contribution in [0.5, 0.6) is 0 Å². The summed E-state index contributed by atoms with van der Waals surface area (Å²) < 4.78 is 13.7. The molecule has 0 saturated carbocycles. The molecule has 0 aromatic carbocycles. The summed E-state index contributed by atoms with van der Waals surface area (Å²) >= 11 is 0. The maximum atomic E-state index is 13.7. The molecule has 24 heavy (non-hydrogen) atoms. The molecule has 2 aromatic heterocycles. The Morgan fingerprint density at radius 2 is 1.92 bits per heavy atom. The van der Waals surface area contributed by atoms with E-state index in [9.17, 15) is 4.39 Å². The van der Waals surface area contributed by atoms with Gasteiger partial charge in [0.15, 0.2) is 0 Å². The molecule has 1 fully saturated rings. The molecule has 1 saturated heterocycles. The Labute approximate surface area is 142 Å². The molecule has 1 aliphatic heterocycles. The fourth-order valence-corrected chi connectivity index (χ4v) is 2.79. The number of halogens is 1. The number of pyridine rings is 1. The Bertz CT molecular complexity index is 697. The molecule has 0 bridgehead atoms. The minimum atomic E-state index is -0.238. The van der Waals surface area contributed by atoms with E-state index >= 15 is 0 Å². The van der Waals surface area contributed by atoms with Crippen LogP contribution in [0, 0.1) is 12.7 Å². The topological polar surface area (TPSA) is 48.4 Å². The number of hydrogen-bond donors (Lipinski definition) is 0. The zero-order chi connectivity index (χ0) is 17.1. The monoisotopic (exact) mass is 330 g/mol. The molecule has 0 atom stereocenters. The summed E-state index contributed by atoms with van der Waals surface area (Å²) in [5, 5.41) is 0. The second-order valence-corrected chi connectivity index (χ2v) is 6.29. The van der Waals surface area contributed by atoms with Gasteiger partial charge in [-0.3, -0.25) is 9.88 Å². The molecule has 0 radical (unpaired) electrons. The van der Waals surface area contributed by atoms with E-state index < -0.39 is 0 Å². The minimum absolute atomic E-state index is 0.238. The van der Waals surface area contributed by atoms with Gasteiger partial charge < -0.3 is 9.80 Å². The number of aromatic nitrogens is 3. The molecule has 128 valence electrons. The van der Waals surface area contributed by atoms with Crippen molar-refractivity contribution in [1.82, 2.24) is 19.9 Å². The van der Waals surface area contributed by atoms with Crippen molar-refractivity contribution in [2.24, 2.45) is 0 Å². The fourth-order valence-electron chi connectivity index (χ4n) is 2.79. The van der Waals surface area contributed by atoms with Gasteiger partial charge in [-0.1, -0.05) is 0 Å². The third kappa shape index (κ3) is 3.79. The second-order valence-electron chi connectivity index (χ2n) is 6.29. The van der Waals surface area contributed by atoms with Crippen molar-refractivity contribution < 1.29 is 4.39 Å². The Hall–Kier alpha value is -2.28. The maximum Gasteiger partial charge on any atom is 0.227 e. The first-order valence-electron chi connectivity index (χ1n) is 8.11. The van der Waals surface area contributed by atoms with Gasteiger partial charge in [0.05, 0.1) is 6.20 Å². The quantitative estimate of drug-likeness (QED) is 0.851. The van der Waals surface area contributed by atoms with Gasteiger partial charge >= 0.3 is 0 Å². The van der Waals surface area contributed by atoms with Gasteiger partial charge in [-0.15, -0.1) is 0 Å². The summed E-state index contributed by atoms with van der Waals surface area (Å²) in [4.78, 5) is 19.4. The summed E-state index contributed by atoms with van der Waals surface area (Å²) in [6, 6.07) is 3.72. The zero-order valence-corrected chi connectivity index (χ0v) is 14.4. The molecule has 0 N–H and O–H groups in total. The van der Waals surface area contributed by atoms with Gasteiger partial charge in [0.1, 0.15) is 11.6 Å². The lowest BCUT2D eigenvalue weighted by Gasteiger charge is -2.35. The van der Waals surface area contributed by atoms with E-state index in [4.69, 9.17) is 0 Å². The van der Waals surface area contributed by atoms with Crippen LogP contribution in [0.15, 0.2) is 24.5 Å². The van der Waals surface area contributed by atoms with E-state index in [2.05, 4.69) is 24.8 Å². The lowest BCUT2D eigenvalue weighted by molar-refractivity contribution is 0.245. The van der Waals surface area contributed by atoms with Crippen molar-refractivity contribution >= 4 is 11.8 Å². The first-order chi connectivity index (χ1) is 11.5. The van der Waals surface area contributed by atoms with Gasteiger partial charge in [-0.05, 0) is 13.0 Å². The zero-order valence-electron chi connectivity index (χ0n) is 14.4. The average molecular weight is 330 g/mol. The van der Waals surface area contributed by atoms with Crippen molar-refractivity contribution in [2.45, 2.75) is 13.5 Å². The van der Waals surface area contributed by atoms with Crippen LogP contribution in [0.25, 0.3) is 0 Å². The van der Waals surface area contributed by atoms with Crippen molar-refractivity contribution in [3.8, 4) is 0 Å². The molecule has 3 heterocycles. The summed E-state index contributed by atoms with van der Waals surface area (Å²) in [5.74, 6) is 1.45. The minimum Gasteiger partial charge on any atom is -0.363 e. The number of aryl methyl sites for hydroxylation is 1. The summed E-state index contributed by atoms with van der Waals surface area (Å²) in [7, 11) is 3.96. The highest BCUT2D eigenvalue weighted by Gasteiger charge is 2.20. The number of hydrogen-bond acceptors (Lipinski definition) is 6. The van der Waals surface area contributed by atoms with Crippen LogP contribution < -0.4 is 9.80 Å². The van der Waals surface area contributed by atoms with Gasteiger partial charge in [0, 0.05) is 70.3 Å². The number of anilines is 2. The van der Waals surface area contributed by atoms with Crippen LogP contribution >= 0.6 is 0 Å². The van der Waals surface area contributed by atoms with Gasteiger partial charge in [-0.25, -0.2) is 9.37 Å². The van der Waals surface area contributed by atoms with Crippen LogP contribution in [-0.4, -0.2) is 60.1 Å². The summed E-state index contributed by atoms with van der Waals surface area (Å²) in [6.45, 7) is 5.99. The van der Waals surface area contributed by atoms with E-state index in [-0.39, 0.29) is 5.82 Å². The summed E-state index contributed by atoms with van der Waals surface area (Å²) in [5.41, 5.74) is 1.66. The molecule has 0 aliphatic carbocycles. The normalized spacial score (nSPS) is 15.6. The third-order valence-electron chi connectivity index (χ3n) is 4.19. The average Bonchev–Trinajstić information content (AvgIpc) is 2.57. The Kier molecular flexibility index (Phi) is 4.89. The van der Waals surface area contributed by atoms with E-state index in [0.717, 1.165) is 43.6 Å². The first kappa shape index (κ1) is 16.6. The Balaban J connectivity index is 1.64. The smallest absolute Gasteiger partial charge is 0.227 e. The number of nitrogens with zero attached hydrogens (tertiary/aromatic N) is 6. The molecule has 2 aromatic rings. The van der Waals surface area contributed by atoms with Crippen molar-refractivity contribution in [1.29, 1.82) is 0 Å². The third-order valence-corrected chi connectivity index (χ3v) is 4.19. The lowest BCUT2D eigenvalue weighted by Crippen LogP contribution is -2.46. The molecule has 0 spiro atoms. The predicted molar refractivity (Wildman–Crippen MR) is 92.8 cm³/mol. The molecule has 1 aliphatic rings. The highest BCUT2D eigenvalue weighted by atomic mass is 19.1. The highest BCUT2D eigenvalue weighted by Crippen LogP contribution is 2.18. The van der Waals surface area contributed by atoms with E-state index in [1.165, 1.54) is 6.20 Å². The van der Waals surface area contributed by atoms with E-state index in [0.29, 0.717) is 12.1 Å². The van der Waals surface area contributed by atoms with Gasteiger partial charge in [0.25, 0.3) is 0 Å². The fraction of sp³-hybridized carbons (Fsp3) is 0.471. The molecule has 7 heteroatoms.